The summed E-state index contributed by atoms with van der Waals surface area (Å²) in [6, 6.07) is 0. The van der Waals surface area contributed by atoms with Crippen LogP contribution in [-0.4, -0.2) is 32.5 Å². The third-order valence-electron chi connectivity index (χ3n) is 0.653. The van der Waals surface area contributed by atoms with Gasteiger partial charge in [0, 0.05) is 0 Å². The zero-order valence-electron chi connectivity index (χ0n) is 4.13. The van der Waals surface area contributed by atoms with Gasteiger partial charge in [0.15, 0.2) is 0 Å². The molecule has 2 N–H and O–H groups in total. The number of nitrogen functional groups attached to an aromatic ring is 1. The van der Waals surface area contributed by atoms with Crippen molar-refractivity contribution in [3.63, 3.8) is 0 Å². The van der Waals surface area contributed by atoms with Crippen LogP contribution >= 0.6 is 0 Å². The maximum absolute atomic E-state index is 5.30. The van der Waals surface area contributed by atoms with Crippen LogP contribution in [0.1, 0.15) is 0 Å². The summed E-state index contributed by atoms with van der Waals surface area (Å²) in [6.45, 7) is 0. The first kappa shape index (κ1) is 5.81. The predicted octanol–water partition coefficient (Wildman–Crippen LogP) is -1.15. The molecule has 8 heavy (non-hydrogen) atoms. The van der Waals surface area contributed by atoms with Crippen LogP contribution in [0.3, 0.4) is 0 Å². The molecule has 0 unspecified atom stereocenters. The molecular weight excluding hydrogens is 209 g/mol. The molecular formula is C4H4N3Sn. The van der Waals surface area contributed by atoms with Gasteiger partial charge < -0.3 is 0 Å². The fourth-order valence-corrected chi connectivity index (χ4v) is 0.962. The number of anilines is 1. The summed E-state index contributed by atoms with van der Waals surface area (Å²) >= 11 is 1.25. The van der Waals surface area contributed by atoms with E-state index in [0.29, 0.717) is 5.82 Å². The molecule has 0 saturated carbocycles. The summed E-state index contributed by atoms with van der Waals surface area (Å²) in [6.07, 6.45) is 3.24. The molecule has 3 radical (unpaired) electrons. The van der Waals surface area contributed by atoms with Gasteiger partial charge in [0.05, 0.1) is 0 Å². The zero-order chi connectivity index (χ0) is 5.98. The van der Waals surface area contributed by atoms with Gasteiger partial charge in [-0.3, -0.25) is 0 Å². The minimum atomic E-state index is 0.499. The van der Waals surface area contributed by atoms with Crippen molar-refractivity contribution in [3.8, 4) is 0 Å². The molecule has 0 aliphatic heterocycles. The molecule has 0 aliphatic rings. The first-order valence-electron chi connectivity index (χ1n) is 2.08. The summed E-state index contributed by atoms with van der Waals surface area (Å²) in [4.78, 5) is 7.75. The molecule has 1 aromatic rings. The molecule has 0 fully saturated rings. The molecule has 3 nitrogen and oxygen atoms in total. The van der Waals surface area contributed by atoms with Gasteiger partial charge in [0.1, 0.15) is 0 Å². The number of nitrogens with two attached hydrogens (primary N) is 1. The van der Waals surface area contributed by atoms with Gasteiger partial charge in [-0.05, 0) is 0 Å². The fraction of sp³-hybridized carbons (Fsp3) is 0. The molecule has 0 spiro atoms. The first-order valence-corrected chi connectivity index (χ1v) is 3.51. The normalized spacial score (nSPS) is 9.12. The van der Waals surface area contributed by atoms with E-state index in [2.05, 4.69) is 9.97 Å². The number of rotatable bonds is 0. The molecule has 1 aromatic heterocycles. The number of hydrogen-bond acceptors (Lipinski definition) is 3. The average Bonchev–Trinajstić information content (AvgIpc) is 1.64. The molecule has 0 atom stereocenters. The number of hydrogen-bond donors (Lipinski definition) is 1. The van der Waals surface area contributed by atoms with Crippen molar-refractivity contribution in [2.75, 3.05) is 5.73 Å². The standard InChI is InChI=1S/C4H4N3.Sn/c5-4-3-6-1-2-7-4;/h1,3H,(H2,5,7);. The van der Waals surface area contributed by atoms with Gasteiger partial charge in [-0.25, -0.2) is 0 Å². The van der Waals surface area contributed by atoms with Crippen molar-refractivity contribution in [1.82, 2.24) is 9.97 Å². The van der Waals surface area contributed by atoms with Gasteiger partial charge >= 0.3 is 60.1 Å². The third kappa shape index (κ3) is 1.33. The van der Waals surface area contributed by atoms with Crippen LogP contribution in [0.25, 0.3) is 0 Å². The van der Waals surface area contributed by atoms with E-state index in [1.807, 2.05) is 0 Å². The van der Waals surface area contributed by atoms with Gasteiger partial charge in [-0.1, -0.05) is 0 Å². The molecule has 0 amide bonds. The number of nitrogens with zero attached hydrogens (tertiary/aromatic N) is 2. The second-order valence-corrected chi connectivity index (χ2v) is 2.79. The summed E-state index contributed by atoms with van der Waals surface area (Å²) in [7, 11) is 0. The van der Waals surface area contributed by atoms with E-state index in [1.165, 1.54) is 28.7 Å². The number of aromatic nitrogens is 2. The Balaban J connectivity index is 3.08. The topological polar surface area (TPSA) is 51.8 Å². The van der Waals surface area contributed by atoms with Crippen LogP contribution in [0.15, 0.2) is 12.4 Å². The Hall–Kier alpha value is -0.321. The van der Waals surface area contributed by atoms with Crippen molar-refractivity contribution in [2.24, 2.45) is 0 Å². The fourth-order valence-electron chi connectivity index (χ4n) is 0.381. The van der Waals surface area contributed by atoms with Gasteiger partial charge in [-0.15, -0.1) is 0 Å². The average molecular weight is 213 g/mol. The summed E-state index contributed by atoms with van der Waals surface area (Å²) in [5.74, 6) is 0.499. The van der Waals surface area contributed by atoms with E-state index in [4.69, 9.17) is 5.73 Å². The van der Waals surface area contributed by atoms with Gasteiger partial charge in [-0.2, -0.15) is 0 Å². The predicted molar refractivity (Wildman–Crippen MR) is 31.8 cm³/mol. The van der Waals surface area contributed by atoms with Crippen LogP contribution in [0.5, 0.6) is 0 Å². The van der Waals surface area contributed by atoms with Gasteiger partial charge in [0.2, 0.25) is 0 Å². The Bertz CT molecular complexity index is 171. The summed E-state index contributed by atoms with van der Waals surface area (Å²) in [5, 5.41) is 0. The Labute approximate surface area is 60.4 Å². The third-order valence-corrected chi connectivity index (χ3v) is 1.34. The second-order valence-electron chi connectivity index (χ2n) is 1.33. The van der Waals surface area contributed by atoms with E-state index in [9.17, 15) is 0 Å². The van der Waals surface area contributed by atoms with Crippen molar-refractivity contribution in [2.45, 2.75) is 0 Å². The van der Waals surface area contributed by atoms with E-state index in [-0.39, 0.29) is 0 Å². The minimum absolute atomic E-state index is 0.499. The van der Waals surface area contributed by atoms with Crippen molar-refractivity contribution in [3.05, 3.63) is 12.4 Å². The van der Waals surface area contributed by atoms with Gasteiger partial charge in [0.25, 0.3) is 0 Å². The van der Waals surface area contributed by atoms with Crippen LogP contribution in [0.2, 0.25) is 0 Å². The Morgan fingerprint density at radius 3 is 2.62 bits per heavy atom. The van der Waals surface area contributed by atoms with Crippen molar-refractivity contribution in [1.29, 1.82) is 0 Å². The van der Waals surface area contributed by atoms with Crippen molar-refractivity contribution < 1.29 is 0 Å². The Kier molecular flexibility index (Phi) is 1.67. The van der Waals surface area contributed by atoms with E-state index >= 15 is 0 Å². The SMILES string of the molecule is Nc1cnc[c]([Sn])n1. The quantitative estimate of drug-likeness (QED) is 0.553. The Morgan fingerprint density at radius 2 is 2.25 bits per heavy atom. The van der Waals surface area contributed by atoms with Crippen LogP contribution < -0.4 is 9.44 Å². The molecule has 0 aliphatic carbocycles. The van der Waals surface area contributed by atoms with Crippen molar-refractivity contribution >= 4 is 32.1 Å². The first-order chi connectivity index (χ1) is 3.79. The maximum atomic E-state index is 5.30. The molecule has 0 aromatic carbocycles. The molecule has 0 bridgehead atoms. The monoisotopic (exact) mass is 214 g/mol. The molecule has 39 valence electrons. The second kappa shape index (κ2) is 2.30. The molecule has 4 heteroatoms. The molecule has 1 rings (SSSR count). The van der Waals surface area contributed by atoms with E-state index in [0.717, 1.165) is 3.71 Å². The van der Waals surface area contributed by atoms with E-state index in [1.54, 1.807) is 6.20 Å². The van der Waals surface area contributed by atoms with Crippen LogP contribution in [0, 0.1) is 0 Å². The molecule has 0 saturated heterocycles. The van der Waals surface area contributed by atoms with Crippen LogP contribution in [-0.2, 0) is 0 Å². The summed E-state index contributed by atoms with van der Waals surface area (Å²) in [5.41, 5.74) is 5.30. The molecule has 1 heterocycles. The van der Waals surface area contributed by atoms with Crippen LogP contribution in [0.4, 0.5) is 5.82 Å². The summed E-state index contributed by atoms with van der Waals surface area (Å²) < 4.78 is 0.942. The zero-order valence-corrected chi connectivity index (χ0v) is 6.98. The van der Waals surface area contributed by atoms with E-state index < -0.39 is 0 Å². The Morgan fingerprint density at radius 1 is 1.50 bits per heavy atom.